The first-order valence-corrected chi connectivity index (χ1v) is 8.28. The summed E-state index contributed by atoms with van der Waals surface area (Å²) in [4.78, 5) is 12.2. The standard InChI is InChI=1S/C19H22O3/c1-14-16(15-8-4-2-5-9-15)19(22-17(14)20)12-18(13-21-19)10-6-3-7-11-18/h2,4-5,8-9H,3,6-7,10-13H2,1H3. The molecule has 2 spiro atoms. The molecule has 3 heteroatoms. The van der Waals surface area contributed by atoms with Crippen LogP contribution in [0.4, 0.5) is 0 Å². The Balaban J connectivity index is 1.74. The van der Waals surface area contributed by atoms with Crippen LogP contribution in [-0.4, -0.2) is 18.4 Å². The predicted molar refractivity (Wildman–Crippen MR) is 83.9 cm³/mol. The third-order valence-corrected chi connectivity index (χ3v) is 5.52. The molecule has 3 nitrogen and oxygen atoms in total. The minimum Gasteiger partial charge on any atom is -0.425 e. The third-order valence-electron chi connectivity index (χ3n) is 5.52. The number of rotatable bonds is 1. The molecule has 2 aliphatic heterocycles. The summed E-state index contributed by atoms with van der Waals surface area (Å²) in [6.45, 7) is 2.57. The number of hydrogen-bond acceptors (Lipinski definition) is 3. The van der Waals surface area contributed by atoms with E-state index >= 15 is 0 Å². The average Bonchev–Trinajstić information content (AvgIpc) is 2.99. The van der Waals surface area contributed by atoms with Crippen molar-refractivity contribution < 1.29 is 14.3 Å². The second kappa shape index (κ2) is 4.95. The molecular weight excluding hydrogens is 276 g/mol. The van der Waals surface area contributed by atoms with Gasteiger partial charge >= 0.3 is 5.97 Å². The number of carbonyl (C=O) groups is 1. The number of carbonyl (C=O) groups excluding carboxylic acids is 1. The largest absolute Gasteiger partial charge is 0.425 e. The molecule has 1 aromatic rings. The average molecular weight is 298 g/mol. The van der Waals surface area contributed by atoms with Crippen LogP contribution in [0.15, 0.2) is 35.9 Å². The van der Waals surface area contributed by atoms with E-state index in [1.165, 1.54) is 32.1 Å². The SMILES string of the molecule is CC1=C(c2ccccc2)C2(CC3(CCCCC3)CO2)OC1=O. The van der Waals surface area contributed by atoms with E-state index < -0.39 is 5.79 Å². The minimum absolute atomic E-state index is 0.198. The molecule has 0 N–H and O–H groups in total. The van der Waals surface area contributed by atoms with E-state index in [9.17, 15) is 4.79 Å². The lowest BCUT2D eigenvalue weighted by molar-refractivity contribution is -0.179. The van der Waals surface area contributed by atoms with Gasteiger partial charge in [-0.05, 0) is 25.3 Å². The monoisotopic (exact) mass is 298 g/mol. The van der Waals surface area contributed by atoms with Crippen molar-refractivity contribution >= 4 is 11.5 Å². The third kappa shape index (κ3) is 2.03. The molecular formula is C19H22O3. The summed E-state index contributed by atoms with van der Waals surface area (Å²) in [7, 11) is 0. The first-order chi connectivity index (χ1) is 10.6. The Bertz CT molecular complexity index is 625. The molecule has 1 aliphatic carbocycles. The summed E-state index contributed by atoms with van der Waals surface area (Å²) in [5.41, 5.74) is 2.88. The Morgan fingerprint density at radius 3 is 2.50 bits per heavy atom. The van der Waals surface area contributed by atoms with Crippen LogP contribution in [0.3, 0.4) is 0 Å². The Kier molecular flexibility index (Phi) is 3.15. The summed E-state index contributed by atoms with van der Waals surface area (Å²) in [5.74, 6) is -1.08. The quantitative estimate of drug-likeness (QED) is 0.733. The maximum Gasteiger partial charge on any atom is 0.337 e. The van der Waals surface area contributed by atoms with E-state index in [2.05, 4.69) is 0 Å². The van der Waals surface area contributed by atoms with Crippen molar-refractivity contribution in [1.29, 1.82) is 0 Å². The van der Waals surface area contributed by atoms with Crippen molar-refractivity contribution in [1.82, 2.24) is 0 Å². The summed E-state index contributed by atoms with van der Waals surface area (Å²) in [6, 6.07) is 10.1. The van der Waals surface area contributed by atoms with E-state index in [0.717, 1.165) is 17.6 Å². The molecule has 0 radical (unpaired) electrons. The molecule has 116 valence electrons. The Labute approximate surface area is 131 Å². The van der Waals surface area contributed by atoms with Gasteiger partial charge in [-0.2, -0.15) is 0 Å². The number of benzene rings is 1. The molecule has 4 rings (SSSR count). The van der Waals surface area contributed by atoms with Gasteiger partial charge in [0, 0.05) is 23.0 Å². The summed E-state index contributed by atoms with van der Waals surface area (Å²) in [5, 5.41) is 0. The van der Waals surface area contributed by atoms with Crippen molar-refractivity contribution in [2.75, 3.05) is 6.61 Å². The van der Waals surface area contributed by atoms with Crippen LogP contribution in [-0.2, 0) is 14.3 Å². The fourth-order valence-corrected chi connectivity index (χ4v) is 4.42. The van der Waals surface area contributed by atoms with Crippen LogP contribution in [0.2, 0.25) is 0 Å². The first kappa shape index (κ1) is 14.0. The van der Waals surface area contributed by atoms with Gasteiger partial charge in [-0.1, -0.05) is 49.6 Å². The Morgan fingerprint density at radius 2 is 1.77 bits per heavy atom. The highest BCUT2D eigenvalue weighted by Gasteiger charge is 2.58. The first-order valence-electron chi connectivity index (χ1n) is 8.28. The van der Waals surface area contributed by atoms with E-state index in [1.54, 1.807) is 0 Å². The highest BCUT2D eigenvalue weighted by Crippen LogP contribution is 2.56. The highest BCUT2D eigenvalue weighted by molar-refractivity contribution is 6.03. The normalized spacial score (nSPS) is 30.3. The second-order valence-electron chi connectivity index (χ2n) is 7.03. The van der Waals surface area contributed by atoms with Gasteiger partial charge in [-0.25, -0.2) is 4.79 Å². The van der Waals surface area contributed by atoms with E-state index in [4.69, 9.17) is 9.47 Å². The zero-order chi connectivity index (χ0) is 15.2. The van der Waals surface area contributed by atoms with Crippen LogP contribution in [0.5, 0.6) is 0 Å². The van der Waals surface area contributed by atoms with Gasteiger partial charge in [0.1, 0.15) is 0 Å². The maximum atomic E-state index is 12.2. The van der Waals surface area contributed by atoms with Crippen molar-refractivity contribution in [2.24, 2.45) is 5.41 Å². The molecule has 0 aromatic heterocycles. The van der Waals surface area contributed by atoms with Gasteiger partial charge in [0.05, 0.1) is 6.61 Å². The van der Waals surface area contributed by atoms with Gasteiger partial charge < -0.3 is 9.47 Å². The molecule has 22 heavy (non-hydrogen) atoms. The van der Waals surface area contributed by atoms with E-state index in [0.29, 0.717) is 12.2 Å². The topological polar surface area (TPSA) is 35.5 Å². The van der Waals surface area contributed by atoms with Crippen molar-refractivity contribution in [3.63, 3.8) is 0 Å². The Hall–Kier alpha value is -1.61. The number of ether oxygens (including phenoxy) is 2. The van der Waals surface area contributed by atoms with Crippen LogP contribution in [0.25, 0.3) is 5.57 Å². The van der Waals surface area contributed by atoms with Crippen LogP contribution in [0, 0.1) is 5.41 Å². The molecule has 1 unspecified atom stereocenters. The molecule has 1 aromatic carbocycles. The predicted octanol–water partition coefficient (Wildman–Crippen LogP) is 4.08. The smallest absolute Gasteiger partial charge is 0.337 e. The maximum absolute atomic E-state index is 12.2. The fourth-order valence-electron chi connectivity index (χ4n) is 4.42. The zero-order valence-corrected chi connectivity index (χ0v) is 13.1. The Morgan fingerprint density at radius 1 is 1.05 bits per heavy atom. The van der Waals surface area contributed by atoms with Crippen LogP contribution < -0.4 is 0 Å². The number of esters is 1. The van der Waals surface area contributed by atoms with Crippen molar-refractivity contribution in [3.8, 4) is 0 Å². The lowest BCUT2D eigenvalue weighted by Gasteiger charge is -2.33. The molecule has 3 aliphatic rings. The molecule has 1 atom stereocenters. The van der Waals surface area contributed by atoms with Gasteiger partial charge in [0.2, 0.25) is 5.79 Å². The molecule has 2 heterocycles. The summed E-state index contributed by atoms with van der Waals surface area (Å²) >= 11 is 0. The lowest BCUT2D eigenvalue weighted by atomic mass is 9.71. The molecule has 0 bridgehead atoms. The molecule has 0 amide bonds. The van der Waals surface area contributed by atoms with E-state index in [1.807, 2.05) is 37.3 Å². The molecule has 1 saturated carbocycles. The van der Waals surface area contributed by atoms with Gasteiger partial charge in [-0.15, -0.1) is 0 Å². The van der Waals surface area contributed by atoms with Gasteiger partial charge in [0.25, 0.3) is 0 Å². The van der Waals surface area contributed by atoms with Crippen LogP contribution >= 0.6 is 0 Å². The fraction of sp³-hybridized carbons (Fsp3) is 0.526. The zero-order valence-electron chi connectivity index (χ0n) is 13.1. The van der Waals surface area contributed by atoms with Crippen molar-refractivity contribution in [3.05, 3.63) is 41.5 Å². The summed E-state index contributed by atoms with van der Waals surface area (Å²) in [6.07, 6.45) is 7.02. The molecule has 1 saturated heterocycles. The van der Waals surface area contributed by atoms with Gasteiger partial charge in [-0.3, -0.25) is 0 Å². The van der Waals surface area contributed by atoms with E-state index in [-0.39, 0.29) is 11.4 Å². The van der Waals surface area contributed by atoms with Crippen molar-refractivity contribution in [2.45, 2.75) is 51.2 Å². The van der Waals surface area contributed by atoms with Gasteiger partial charge in [0.15, 0.2) is 0 Å². The summed E-state index contributed by atoms with van der Waals surface area (Å²) < 4.78 is 12.0. The number of hydrogen-bond donors (Lipinski definition) is 0. The van der Waals surface area contributed by atoms with Crippen LogP contribution in [0.1, 0.15) is 51.0 Å². The second-order valence-corrected chi connectivity index (χ2v) is 7.03. The molecule has 2 fully saturated rings. The lowest BCUT2D eigenvalue weighted by Crippen LogP contribution is -2.32. The highest BCUT2D eigenvalue weighted by atomic mass is 16.7. The minimum atomic E-state index is -0.847.